The van der Waals surface area contributed by atoms with Gasteiger partial charge in [-0.2, -0.15) is 0 Å². The van der Waals surface area contributed by atoms with Gasteiger partial charge in [-0.05, 0) is 17.7 Å². The largest absolute Gasteiger partial charge is 0.395 e. The van der Waals surface area contributed by atoms with Crippen molar-refractivity contribution in [1.29, 1.82) is 0 Å². The van der Waals surface area contributed by atoms with Gasteiger partial charge in [0.2, 0.25) is 0 Å². The van der Waals surface area contributed by atoms with E-state index in [1.54, 1.807) is 11.3 Å². The Morgan fingerprint density at radius 2 is 1.88 bits per heavy atom. The molecule has 0 bridgehead atoms. The predicted molar refractivity (Wildman–Crippen MR) is 68.3 cm³/mol. The van der Waals surface area contributed by atoms with Gasteiger partial charge in [-0.25, -0.2) is 0 Å². The van der Waals surface area contributed by atoms with Gasteiger partial charge in [-0.1, -0.05) is 42.2 Å². The lowest BCUT2D eigenvalue weighted by Gasteiger charge is -1.93. The lowest BCUT2D eigenvalue weighted by atomic mass is 10.2. The van der Waals surface area contributed by atoms with Gasteiger partial charge in [-0.3, -0.25) is 0 Å². The molecule has 0 unspecified atom stereocenters. The summed E-state index contributed by atoms with van der Waals surface area (Å²) in [5.41, 5.74) is 1.22. The molecule has 1 aromatic carbocycles. The summed E-state index contributed by atoms with van der Waals surface area (Å²) >= 11 is 1.68. The summed E-state index contributed by atoms with van der Waals surface area (Å²) in [6, 6.07) is 14.4. The maximum absolute atomic E-state index is 8.63. The molecule has 0 atom stereocenters. The molecule has 1 aromatic heterocycles. The standard InChI is InChI=1S/C14H12OS/c15-11-5-4-8-13-9-10-14(16-13)12-6-2-1-3-7-12/h1-3,6-7,9-10,15H,5,11H2. The number of aliphatic hydroxyl groups is 1. The van der Waals surface area contributed by atoms with Crippen LogP contribution in [0.25, 0.3) is 10.4 Å². The van der Waals surface area contributed by atoms with Gasteiger partial charge >= 0.3 is 0 Å². The number of hydrogen-bond donors (Lipinski definition) is 1. The minimum atomic E-state index is 0.129. The van der Waals surface area contributed by atoms with Crippen molar-refractivity contribution in [3.05, 3.63) is 47.3 Å². The lowest BCUT2D eigenvalue weighted by Crippen LogP contribution is -1.75. The summed E-state index contributed by atoms with van der Waals surface area (Å²) in [6.07, 6.45) is 0.540. The Morgan fingerprint density at radius 1 is 1.06 bits per heavy atom. The molecule has 0 aliphatic heterocycles. The van der Waals surface area contributed by atoms with E-state index in [2.05, 4.69) is 30.0 Å². The van der Waals surface area contributed by atoms with E-state index < -0.39 is 0 Å². The third-order valence-corrected chi connectivity index (χ3v) is 3.16. The number of rotatable bonds is 2. The summed E-state index contributed by atoms with van der Waals surface area (Å²) < 4.78 is 0. The molecular weight excluding hydrogens is 216 g/mol. The van der Waals surface area contributed by atoms with Crippen LogP contribution in [0.1, 0.15) is 11.3 Å². The van der Waals surface area contributed by atoms with Crippen molar-refractivity contribution < 1.29 is 5.11 Å². The van der Waals surface area contributed by atoms with Crippen LogP contribution < -0.4 is 0 Å². The highest BCUT2D eigenvalue weighted by Gasteiger charge is 1.99. The molecule has 0 aliphatic carbocycles. The second-order valence-corrected chi connectivity index (χ2v) is 4.39. The van der Waals surface area contributed by atoms with Gasteiger partial charge in [0.05, 0.1) is 11.5 Å². The van der Waals surface area contributed by atoms with Crippen LogP contribution in [0.5, 0.6) is 0 Å². The smallest absolute Gasteiger partial charge is 0.0775 e. The monoisotopic (exact) mass is 228 g/mol. The van der Waals surface area contributed by atoms with Gasteiger partial charge in [0.15, 0.2) is 0 Å². The minimum absolute atomic E-state index is 0.129. The first kappa shape index (κ1) is 10.9. The fraction of sp³-hybridized carbons (Fsp3) is 0.143. The first-order chi connectivity index (χ1) is 7.90. The van der Waals surface area contributed by atoms with Crippen LogP contribution in [-0.4, -0.2) is 11.7 Å². The minimum Gasteiger partial charge on any atom is -0.395 e. The first-order valence-corrected chi connectivity index (χ1v) is 5.97. The van der Waals surface area contributed by atoms with Crippen molar-refractivity contribution in [2.45, 2.75) is 6.42 Å². The molecule has 0 radical (unpaired) electrons. The SMILES string of the molecule is OCCC#Cc1ccc(-c2ccccc2)s1. The number of hydrogen-bond acceptors (Lipinski definition) is 2. The van der Waals surface area contributed by atoms with Gasteiger partial charge in [0.1, 0.15) is 0 Å². The third-order valence-electron chi connectivity index (χ3n) is 2.11. The zero-order valence-electron chi connectivity index (χ0n) is 8.81. The maximum Gasteiger partial charge on any atom is 0.0775 e. The van der Waals surface area contributed by atoms with Crippen molar-refractivity contribution in [2.75, 3.05) is 6.61 Å². The highest BCUT2D eigenvalue weighted by atomic mass is 32.1. The van der Waals surface area contributed by atoms with Crippen molar-refractivity contribution >= 4 is 11.3 Å². The maximum atomic E-state index is 8.63. The van der Waals surface area contributed by atoms with Crippen molar-refractivity contribution in [3.8, 4) is 22.3 Å². The second-order valence-electron chi connectivity index (χ2n) is 3.31. The van der Waals surface area contributed by atoms with E-state index in [0.717, 1.165) is 4.88 Å². The molecule has 0 aliphatic rings. The van der Waals surface area contributed by atoms with E-state index in [1.807, 2.05) is 24.3 Å². The lowest BCUT2D eigenvalue weighted by molar-refractivity contribution is 0.305. The molecular formula is C14H12OS. The average Bonchev–Trinajstić information content (AvgIpc) is 2.79. The highest BCUT2D eigenvalue weighted by molar-refractivity contribution is 7.16. The predicted octanol–water partition coefficient (Wildman–Crippen LogP) is 3.15. The highest BCUT2D eigenvalue weighted by Crippen LogP contribution is 2.27. The summed E-state index contributed by atoms with van der Waals surface area (Å²) in [5, 5.41) is 8.63. The zero-order chi connectivity index (χ0) is 11.2. The van der Waals surface area contributed by atoms with E-state index in [9.17, 15) is 0 Å². The number of aliphatic hydroxyl groups excluding tert-OH is 1. The van der Waals surface area contributed by atoms with Gasteiger partial charge in [0.25, 0.3) is 0 Å². The van der Waals surface area contributed by atoms with E-state index in [1.165, 1.54) is 10.4 Å². The Bertz CT molecular complexity index is 502. The van der Waals surface area contributed by atoms with E-state index in [0.29, 0.717) is 6.42 Å². The Morgan fingerprint density at radius 3 is 2.62 bits per heavy atom. The topological polar surface area (TPSA) is 20.2 Å². The average molecular weight is 228 g/mol. The zero-order valence-corrected chi connectivity index (χ0v) is 9.63. The molecule has 2 rings (SSSR count). The Kier molecular flexibility index (Phi) is 3.76. The normalized spacial score (nSPS) is 9.56. The third kappa shape index (κ3) is 2.73. The molecule has 0 amide bonds. The fourth-order valence-corrected chi connectivity index (χ4v) is 2.25. The molecule has 0 saturated heterocycles. The van der Waals surface area contributed by atoms with Crippen molar-refractivity contribution in [3.63, 3.8) is 0 Å². The van der Waals surface area contributed by atoms with E-state index >= 15 is 0 Å². The van der Waals surface area contributed by atoms with Crippen molar-refractivity contribution in [1.82, 2.24) is 0 Å². The molecule has 80 valence electrons. The van der Waals surface area contributed by atoms with Crippen molar-refractivity contribution in [2.24, 2.45) is 0 Å². The second kappa shape index (κ2) is 5.50. The summed E-state index contributed by atoms with van der Waals surface area (Å²) in [4.78, 5) is 2.28. The first-order valence-electron chi connectivity index (χ1n) is 5.15. The fourth-order valence-electron chi connectivity index (χ4n) is 1.37. The molecule has 16 heavy (non-hydrogen) atoms. The quantitative estimate of drug-likeness (QED) is 0.783. The molecule has 0 fully saturated rings. The Hall–Kier alpha value is -1.56. The van der Waals surface area contributed by atoms with Crippen LogP contribution in [0, 0.1) is 11.8 Å². The van der Waals surface area contributed by atoms with Gasteiger partial charge in [0, 0.05) is 11.3 Å². The molecule has 1 nitrogen and oxygen atoms in total. The Balaban J connectivity index is 2.18. The molecule has 1 N–H and O–H groups in total. The van der Waals surface area contributed by atoms with Gasteiger partial charge in [-0.15, -0.1) is 11.3 Å². The van der Waals surface area contributed by atoms with Crippen LogP contribution in [0.4, 0.5) is 0 Å². The molecule has 2 heteroatoms. The van der Waals surface area contributed by atoms with Gasteiger partial charge < -0.3 is 5.11 Å². The molecule has 1 heterocycles. The number of benzene rings is 1. The van der Waals surface area contributed by atoms with Crippen LogP contribution in [0.15, 0.2) is 42.5 Å². The number of thiophene rings is 1. The molecule has 2 aromatic rings. The van der Waals surface area contributed by atoms with E-state index in [4.69, 9.17) is 5.11 Å². The van der Waals surface area contributed by atoms with Crippen LogP contribution in [-0.2, 0) is 0 Å². The van der Waals surface area contributed by atoms with Crippen LogP contribution in [0.3, 0.4) is 0 Å². The summed E-state index contributed by atoms with van der Waals surface area (Å²) in [6.45, 7) is 0.129. The molecule has 0 saturated carbocycles. The van der Waals surface area contributed by atoms with Crippen LogP contribution >= 0.6 is 11.3 Å². The Labute approximate surface area is 99.4 Å². The van der Waals surface area contributed by atoms with E-state index in [-0.39, 0.29) is 6.61 Å². The molecule has 0 spiro atoms. The summed E-state index contributed by atoms with van der Waals surface area (Å²) in [7, 11) is 0. The summed E-state index contributed by atoms with van der Waals surface area (Å²) in [5.74, 6) is 5.97. The van der Waals surface area contributed by atoms with Crippen LogP contribution in [0.2, 0.25) is 0 Å².